The Kier molecular flexibility index (Phi) is 6.01. The van der Waals surface area contributed by atoms with Gasteiger partial charge in [-0.25, -0.2) is 4.79 Å². The summed E-state index contributed by atoms with van der Waals surface area (Å²) in [6, 6.07) is 17.3. The fourth-order valence-electron chi connectivity index (χ4n) is 5.35. The number of nitrogens with one attached hydrogen (secondary N) is 1. The van der Waals surface area contributed by atoms with Gasteiger partial charge in [0.1, 0.15) is 11.9 Å². The van der Waals surface area contributed by atoms with Gasteiger partial charge in [-0.1, -0.05) is 24.3 Å². The number of nitrogens with zero attached hydrogens (tertiary/aromatic N) is 2. The molecule has 2 unspecified atom stereocenters. The summed E-state index contributed by atoms with van der Waals surface area (Å²) in [5.41, 5.74) is 2.51. The van der Waals surface area contributed by atoms with Crippen LogP contribution in [0.25, 0.3) is 10.9 Å². The van der Waals surface area contributed by atoms with E-state index in [1.807, 2.05) is 54.6 Å². The summed E-state index contributed by atoms with van der Waals surface area (Å²) in [4.78, 5) is 20.0. The Morgan fingerprint density at radius 3 is 2.82 bits per heavy atom. The number of amides is 1. The lowest BCUT2D eigenvalue weighted by molar-refractivity contribution is -0.0473. The molecule has 3 fully saturated rings. The molecule has 1 aromatic heterocycles. The largest absolute Gasteiger partial charge is 0.497 e. The van der Waals surface area contributed by atoms with Crippen molar-refractivity contribution in [2.45, 2.75) is 25.0 Å². The second-order valence-corrected chi connectivity index (χ2v) is 8.85. The topological polar surface area (TPSA) is 63.7 Å². The van der Waals surface area contributed by atoms with Crippen molar-refractivity contribution >= 4 is 22.7 Å². The van der Waals surface area contributed by atoms with Crippen LogP contribution in [0.3, 0.4) is 0 Å². The van der Waals surface area contributed by atoms with Gasteiger partial charge < -0.3 is 9.47 Å². The highest BCUT2D eigenvalue weighted by Crippen LogP contribution is 2.43. The normalized spacial score (nSPS) is 24.8. The minimum Gasteiger partial charge on any atom is -0.497 e. The van der Waals surface area contributed by atoms with Gasteiger partial charge in [-0.3, -0.25) is 15.2 Å². The molecule has 33 heavy (non-hydrogen) atoms. The number of methoxy groups -OCH3 is 1. The Balaban J connectivity index is 1.51. The van der Waals surface area contributed by atoms with Crippen molar-refractivity contribution in [2.24, 2.45) is 11.8 Å². The lowest BCUT2D eigenvalue weighted by Gasteiger charge is -2.51. The second-order valence-electron chi connectivity index (χ2n) is 8.85. The van der Waals surface area contributed by atoms with Gasteiger partial charge in [0, 0.05) is 29.4 Å². The number of para-hydroxylation sites is 1. The Hall–Kier alpha value is -3.38. The molecule has 170 valence electrons. The summed E-state index contributed by atoms with van der Waals surface area (Å²) in [6.07, 6.45) is 5.10. The fraction of sp³-hybridized carbons (Fsp3) is 0.333. The summed E-state index contributed by atoms with van der Waals surface area (Å²) in [6.45, 7) is 6.00. The van der Waals surface area contributed by atoms with Crippen LogP contribution in [0, 0.1) is 11.8 Å². The van der Waals surface area contributed by atoms with Crippen molar-refractivity contribution < 1.29 is 14.3 Å². The molecule has 6 heteroatoms. The van der Waals surface area contributed by atoms with E-state index in [1.54, 1.807) is 13.3 Å². The van der Waals surface area contributed by atoms with Crippen LogP contribution in [0.15, 0.2) is 73.4 Å². The highest BCUT2D eigenvalue weighted by molar-refractivity contribution is 5.86. The van der Waals surface area contributed by atoms with E-state index in [-0.39, 0.29) is 6.04 Å². The van der Waals surface area contributed by atoms with Crippen LogP contribution in [-0.2, 0) is 4.74 Å². The maximum atomic E-state index is 13.0. The van der Waals surface area contributed by atoms with E-state index in [2.05, 4.69) is 27.9 Å². The van der Waals surface area contributed by atoms with Crippen molar-refractivity contribution in [1.82, 2.24) is 9.88 Å². The number of anilines is 1. The number of benzene rings is 2. The van der Waals surface area contributed by atoms with Crippen molar-refractivity contribution in [1.29, 1.82) is 0 Å². The summed E-state index contributed by atoms with van der Waals surface area (Å²) in [5, 5.41) is 3.82. The fourth-order valence-corrected chi connectivity index (χ4v) is 5.35. The quantitative estimate of drug-likeness (QED) is 0.515. The highest BCUT2D eigenvalue weighted by atomic mass is 16.6. The average molecular weight is 444 g/mol. The molecule has 3 aliphatic heterocycles. The molecule has 6 rings (SSSR count). The molecule has 1 amide bonds. The number of fused-ring (bicyclic) bond motifs is 4. The standard InChI is InChI=1S/C27H29N3O3/c1-3-18-17-30-14-12-19(18)15-25(30)26(33-27(31)29-20-7-5-4-6-8-20)22-11-13-28-24-10-9-21(32-2)16-23(22)24/h3-11,13,16,18-19,25-26H,1,12,14-15,17H2,2H3,(H,29,31)/t18-,19?,25-,26+/m0/s1. The second kappa shape index (κ2) is 9.24. The van der Waals surface area contributed by atoms with Crippen LogP contribution in [0.4, 0.5) is 10.5 Å². The molecule has 3 saturated heterocycles. The third kappa shape index (κ3) is 4.31. The Labute approximate surface area is 194 Å². The molecule has 5 atom stereocenters. The first-order chi connectivity index (χ1) is 16.2. The van der Waals surface area contributed by atoms with E-state index in [0.29, 0.717) is 17.5 Å². The lowest BCUT2D eigenvalue weighted by atomic mass is 9.73. The predicted octanol–water partition coefficient (Wildman–Crippen LogP) is 5.43. The molecular formula is C27H29N3O3. The Morgan fingerprint density at radius 2 is 2.09 bits per heavy atom. The van der Waals surface area contributed by atoms with Crippen LogP contribution in [0.2, 0.25) is 0 Å². The molecule has 2 bridgehead atoms. The third-order valence-electron chi connectivity index (χ3n) is 7.05. The first kappa shape index (κ1) is 21.5. The van der Waals surface area contributed by atoms with Crippen LogP contribution >= 0.6 is 0 Å². The van der Waals surface area contributed by atoms with E-state index < -0.39 is 12.2 Å². The number of carbonyl (C=O) groups excluding carboxylic acids is 1. The number of hydrogen-bond donors (Lipinski definition) is 1. The number of rotatable bonds is 6. The average Bonchev–Trinajstić information content (AvgIpc) is 2.87. The molecule has 0 aliphatic carbocycles. The molecule has 0 radical (unpaired) electrons. The van der Waals surface area contributed by atoms with Gasteiger partial charge in [-0.05, 0) is 67.6 Å². The van der Waals surface area contributed by atoms with Gasteiger partial charge in [-0.15, -0.1) is 6.58 Å². The van der Waals surface area contributed by atoms with E-state index in [0.717, 1.165) is 48.1 Å². The van der Waals surface area contributed by atoms with Gasteiger partial charge in [0.05, 0.1) is 18.7 Å². The van der Waals surface area contributed by atoms with Gasteiger partial charge in [0.15, 0.2) is 0 Å². The monoisotopic (exact) mass is 443 g/mol. The summed E-state index contributed by atoms with van der Waals surface area (Å²) in [7, 11) is 1.65. The molecule has 4 heterocycles. The summed E-state index contributed by atoms with van der Waals surface area (Å²) in [5.74, 6) is 1.80. The van der Waals surface area contributed by atoms with Crippen molar-refractivity contribution in [3.8, 4) is 5.75 Å². The highest BCUT2D eigenvalue weighted by Gasteiger charge is 2.44. The number of piperidine rings is 3. The van der Waals surface area contributed by atoms with Crippen LogP contribution in [0.5, 0.6) is 5.75 Å². The maximum Gasteiger partial charge on any atom is 0.412 e. The maximum absolute atomic E-state index is 13.0. The lowest BCUT2D eigenvalue weighted by Crippen LogP contribution is -2.55. The zero-order valence-electron chi connectivity index (χ0n) is 18.8. The SMILES string of the molecule is C=C[C@H]1CN2CCC1C[C@H]2[C@H](OC(=O)Nc1ccccc1)c1ccnc2ccc(OC)cc12. The number of aromatic nitrogens is 1. The number of pyridine rings is 1. The van der Waals surface area contributed by atoms with Crippen molar-refractivity contribution in [3.63, 3.8) is 0 Å². The molecule has 0 spiro atoms. The Morgan fingerprint density at radius 1 is 1.24 bits per heavy atom. The van der Waals surface area contributed by atoms with Gasteiger partial charge in [0.25, 0.3) is 0 Å². The van der Waals surface area contributed by atoms with E-state index in [1.165, 1.54) is 0 Å². The van der Waals surface area contributed by atoms with Gasteiger partial charge in [0.2, 0.25) is 0 Å². The smallest absolute Gasteiger partial charge is 0.412 e. The molecule has 6 nitrogen and oxygen atoms in total. The summed E-state index contributed by atoms with van der Waals surface area (Å²) < 4.78 is 11.7. The first-order valence-corrected chi connectivity index (χ1v) is 11.5. The molecule has 3 aromatic rings. The molecular weight excluding hydrogens is 414 g/mol. The van der Waals surface area contributed by atoms with Gasteiger partial charge in [-0.2, -0.15) is 0 Å². The minimum absolute atomic E-state index is 0.0956. The van der Waals surface area contributed by atoms with Crippen LogP contribution in [0.1, 0.15) is 24.5 Å². The molecule has 3 aliphatic rings. The van der Waals surface area contributed by atoms with E-state index >= 15 is 0 Å². The molecule has 0 saturated carbocycles. The number of ether oxygens (including phenoxy) is 2. The van der Waals surface area contributed by atoms with Crippen molar-refractivity contribution in [3.05, 3.63) is 79.0 Å². The van der Waals surface area contributed by atoms with Crippen LogP contribution in [-0.4, -0.2) is 42.2 Å². The Bertz CT molecular complexity index is 1150. The molecule has 2 aromatic carbocycles. The molecule has 1 N–H and O–H groups in total. The van der Waals surface area contributed by atoms with Gasteiger partial charge >= 0.3 is 6.09 Å². The summed E-state index contributed by atoms with van der Waals surface area (Å²) >= 11 is 0. The van der Waals surface area contributed by atoms with Crippen molar-refractivity contribution in [2.75, 3.05) is 25.5 Å². The zero-order chi connectivity index (χ0) is 22.8. The van der Waals surface area contributed by atoms with E-state index in [4.69, 9.17) is 9.47 Å². The first-order valence-electron chi connectivity index (χ1n) is 11.5. The zero-order valence-corrected chi connectivity index (χ0v) is 18.8. The predicted molar refractivity (Wildman–Crippen MR) is 129 cm³/mol. The minimum atomic E-state index is -0.457. The van der Waals surface area contributed by atoms with Crippen LogP contribution < -0.4 is 10.1 Å². The van der Waals surface area contributed by atoms with E-state index in [9.17, 15) is 4.79 Å². The number of carbonyl (C=O) groups is 1. The number of hydrogen-bond acceptors (Lipinski definition) is 5. The third-order valence-corrected chi connectivity index (χ3v) is 7.05.